The fourth-order valence-electron chi connectivity index (χ4n) is 1.56. The Balaban J connectivity index is 3.19. The van der Waals surface area contributed by atoms with Crippen LogP contribution in [0.25, 0.3) is 0 Å². The van der Waals surface area contributed by atoms with Crippen LogP contribution in [0.15, 0.2) is 17.3 Å². The highest BCUT2D eigenvalue weighted by Crippen LogP contribution is 2.26. The van der Waals surface area contributed by atoms with Gasteiger partial charge in [0.2, 0.25) is 0 Å². The first kappa shape index (κ1) is 10.6. The molecule has 0 amide bonds. The van der Waals surface area contributed by atoms with E-state index in [0.29, 0.717) is 5.92 Å². The molecule has 0 saturated heterocycles. The minimum absolute atomic E-state index is 0.601. The quantitative estimate of drug-likeness (QED) is 0.685. The van der Waals surface area contributed by atoms with Gasteiger partial charge in [-0.3, -0.25) is 0 Å². The number of aromatic nitrogens is 1. The van der Waals surface area contributed by atoms with Crippen LogP contribution in [0.4, 0.5) is 0 Å². The molecule has 0 aliphatic rings. The van der Waals surface area contributed by atoms with Gasteiger partial charge in [0.1, 0.15) is 0 Å². The number of hydrogen-bond donors (Lipinski definition) is 0. The first-order valence-electron chi connectivity index (χ1n) is 4.72. The third-order valence-corrected chi connectivity index (χ3v) is 2.96. The summed E-state index contributed by atoms with van der Waals surface area (Å²) in [4.78, 5) is 4.37. The monoisotopic (exact) mass is 195 g/mol. The van der Waals surface area contributed by atoms with E-state index in [9.17, 15) is 0 Å². The maximum atomic E-state index is 4.37. The van der Waals surface area contributed by atoms with Gasteiger partial charge >= 0.3 is 0 Å². The highest BCUT2D eigenvalue weighted by atomic mass is 32.2. The summed E-state index contributed by atoms with van der Waals surface area (Å²) in [5.41, 5.74) is 2.87. The van der Waals surface area contributed by atoms with Crippen molar-refractivity contribution in [3.05, 3.63) is 23.4 Å². The fourth-order valence-corrected chi connectivity index (χ4v) is 2.23. The Morgan fingerprint density at radius 2 is 2.15 bits per heavy atom. The molecule has 0 aliphatic heterocycles. The molecule has 1 aromatic heterocycles. The molecule has 1 rings (SSSR count). The molecule has 0 N–H and O–H groups in total. The lowest BCUT2D eigenvalue weighted by Gasteiger charge is -2.13. The van der Waals surface area contributed by atoms with Crippen LogP contribution >= 0.6 is 11.8 Å². The maximum absolute atomic E-state index is 4.37. The second kappa shape index (κ2) is 4.66. The van der Waals surface area contributed by atoms with Gasteiger partial charge < -0.3 is 0 Å². The van der Waals surface area contributed by atoms with E-state index in [1.165, 1.54) is 16.2 Å². The first-order chi connectivity index (χ1) is 6.20. The van der Waals surface area contributed by atoms with Crippen LogP contribution in [0.2, 0.25) is 0 Å². The summed E-state index contributed by atoms with van der Waals surface area (Å²) in [6.45, 7) is 6.67. The minimum Gasteiger partial charge on any atom is -0.250 e. The lowest BCUT2D eigenvalue weighted by molar-refractivity contribution is 0.818. The molecule has 0 spiro atoms. The second-order valence-electron chi connectivity index (χ2n) is 3.40. The van der Waals surface area contributed by atoms with Crippen molar-refractivity contribution in [2.45, 2.75) is 38.1 Å². The van der Waals surface area contributed by atoms with Gasteiger partial charge in [0.05, 0.1) is 5.03 Å². The van der Waals surface area contributed by atoms with Gasteiger partial charge in [-0.1, -0.05) is 20.8 Å². The van der Waals surface area contributed by atoms with Crippen molar-refractivity contribution in [3.8, 4) is 0 Å². The van der Waals surface area contributed by atoms with Crippen LogP contribution in [0.5, 0.6) is 0 Å². The average Bonchev–Trinajstić information content (AvgIpc) is 2.16. The van der Waals surface area contributed by atoms with Crippen molar-refractivity contribution in [1.29, 1.82) is 0 Å². The number of hydrogen-bond acceptors (Lipinski definition) is 2. The Kier molecular flexibility index (Phi) is 3.79. The molecule has 0 aliphatic carbocycles. The zero-order valence-corrected chi connectivity index (χ0v) is 9.61. The van der Waals surface area contributed by atoms with E-state index in [0.717, 1.165) is 6.42 Å². The largest absolute Gasteiger partial charge is 0.250 e. The summed E-state index contributed by atoms with van der Waals surface area (Å²) >= 11 is 1.74. The van der Waals surface area contributed by atoms with E-state index in [1.54, 1.807) is 11.8 Å². The van der Waals surface area contributed by atoms with Gasteiger partial charge in [-0.2, -0.15) is 0 Å². The van der Waals surface area contributed by atoms with Gasteiger partial charge in [0, 0.05) is 6.20 Å². The molecule has 13 heavy (non-hydrogen) atoms. The van der Waals surface area contributed by atoms with Crippen molar-refractivity contribution in [2.24, 2.45) is 0 Å². The Labute approximate surface area is 85.0 Å². The van der Waals surface area contributed by atoms with E-state index in [2.05, 4.69) is 38.1 Å². The highest BCUT2D eigenvalue weighted by molar-refractivity contribution is 7.98. The molecule has 1 aromatic rings. The molecule has 1 nitrogen and oxygen atoms in total. The van der Waals surface area contributed by atoms with E-state index in [-0.39, 0.29) is 0 Å². The number of nitrogens with zero attached hydrogens (tertiary/aromatic N) is 1. The Bertz CT molecular complexity index is 281. The van der Waals surface area contributed by atoms with Gasteiger partial charge in [-0.05, 0) is 35.8 Å². The zero-order valence-electron chi connectivity index (χ0n) is 8.79. The molecule has 0 radical (unpaired) electrons. The SMILES string of the molecule is CCc1c(C(C)C)ccnc1SC. The summed E-state index contributed by atoms with van der Waals surface area (Å²) in [7, 11) is 0. The van der Waals surface area contributed by atoms with Crippen molar-refractivity contribution in [3.63, 3.8) is 0 Å². The molecule has 2 heteroatoms. The second-order valence-corrected chi connectivity index (χ2v) is 4.19. The molecule has 1 heterocycles. The van der Waals surface area contributed by atoms with E-state index >= 15 is 0 Å². The molecule has 0 bridgehead atoms. The molecular weight excluding hydrogens is 178 g/mol. The van der Waals surface area contributed by atoms with Crippen LogP contribution in [0, 0.1) is 0 Å². The summed E-state index contributed by atoms with van der Waals surface area (Å²) in [5.74, 6) is 0.601. The van der Waals surface area contributed by atoms with E-state index in [1.807, 2.05) is 6.20 Å². The Hall–Kier alpha value is -0.500. The number of thioether (sulfide) groups is 1. The molecule has 0 saturated carbocycles. The van der Waals surface area contributed by atoms with Crippen LogP contribution in [-0.4, -0.2) is 11.2 Å². The highest BCUT2D eigenvalue weighted by Gasteiger charge is 2.09. The molecule has 72 valence electrons. The van der Waals surface area contributed by atoms with Gasteiger partial charge in [-0.15, -0.1) is 11.8 Å². The first-order valence-corrected chi connectivity index (χ1v) is 5.94. The summed E-state index contributed by atoms with van der Waals surface area (Å²) < 4.78 is 0. The van der Waals surface area contributed by atoms with Crippen molar-refractivity contribution in [1.82, 2.24) is 4.98 Å². The fraction of sp³-hybridized carbons (Fsp3) is 0.545. The molecule has 0 aromatic carbocycles. The standard InChI is InChI=1S/C11H17NS/c1-5-9-10(8(2)3)6-7-12-11(9)13-4/h6-8H,5H2,1-4H3. The van der Waals surface area contributed by atoms with Crippen LogP contribution in [-0.2, 0) is 6.42 Å². The van der Waals surface area contributed by atoms with Gasteiger partial charge in [0.25, 0.3) is 0 Å². The van der Waals surface area contributed by atoms with Crippen molar-refractivity contribution >= 4 is 11.8 Å². The topological polar surface area (TPSA) is 12.9 Å². The van der Waals surface area contributed by atoms with Gasteiger partial charge in [0.15, 0.2) is 0 Å². The zero-order chi connectivity index (χ0) is 9.84. The van der Waals surface area contributed by atoms with Gasteiger partial charge in [-0.25, -0.2) is 4.98 Å². The average molecular weight is 195 g/mol. The molecule has 0 unspecified atom stereocenters. The normalized spacial score (nSPS) is 10.8. The van der Waals surface area contributed by atoms with E-state index < -0.39 is 0 Å². The Morgan fingerprint density at radius 1 is 1.46 bits per heavy atom. The van der Waals surface area contributed by atoms with Crippen molar-refractivity contribution in [2.75, 3.05) is 6.26 Å². The molecular formula is C11H17NS. The Morgan fingerprint density at radius 3 is 2.62 bits per heavy atom. The van der Waals surface area contributed by atoms with E-state index in [4.69, 9.17) is 0 Å². The van der Waals surface area contributed by atoms with Crippen LogP contribution in [0.3, 0.4) is 0 Å². The lowest BCUT2D eigenvalue weighted by Crippen LogP contribution is -1.98. The summed E-state index contributed by atoms with van der Waals surface area (Å²) in [5, 5.41) is 1.19. The number of pyridine rings is 1. The van der Waals surface area contributed by atoms with Crippen LogP contribution in [0.1, 0.15) is 37.8 Å². The predicted octanol–water partition coefficient (Wildman–Crippen LogP) is 3.49. The third-order valence-electron chi connectivity index (χ3n) is 2.22. The molecule has 0 fully saturated rings. The summed E-state index contributed by atoms with van der Waals surface area (Å²) in [6, 6.07) is 2.14. The predicted molar refractivity (Wildman–Crippen MR) is 59.5 cm³/mol. The number of rotatable bonds is 3. The smallest absolute Gasteiger partial charge is 0.0991 e. The minimum atomic E-state index is 0.601. The molecule has 0 atom stereocenters. The third kappa shape index (κ3) is 2.25. The van der Waals surface area contributed by atoms with Crippen LogP contribution < -0.4 is 0 Å². The maximum Gasteiger partial charge on any atom is 0.0991 e. The summed E-state index contributed by atoms with van der Waals surface area (Å²) in [6.07, 6.45) is 5.09. The lowest BCUT2D eigenvalue weighted by atomic mass is 9.98. The van der Waals surface area contributed by atoms with Crippen molar-refractivity contribution < 1.29 is 0 Å².